The Morgan fingerprint density at radius 1 is 1.25 bits per heavy atom. The molecule has 2 N–H and O–H groups in total. The van der Waals surface area contributed by atoms with E-state index < -0.39 is 0 Å². The number of nitrogens with two attached hydrogens (primary N) is 1. The standard InChI is InChI=1S/C16H24ClNO2/c1-19-15-10-9-14(17)13(8-4-5-11-18)16(15)20-12-6-2-3-7-12/h9-10,12H,2-8,11,18H2,1H3. The van der Waals surface area contributed by atoms with Gasteiger partial charge in [0.2, 0.25) is 0 Å². The zero-order chi connectivity index (χ0) is 14.4. The van der Waals surface area contributed by atoms with Gasteiger partial charge >= 0.3 is 0 Å². The zero-order valence-electron chi connectivity index (χ0n) is 12.2. The third-order valence-corrected chi connectivity index (χ3v) is 4.21. The largest absolute Gasteiger partial charge is 0.493 e. The smallest absolute Gasteiger partial charge is 0.166 e. The first-order valence-electron chi connectivity index (χ1n) is 7.48. The zero-order valence-corrected chi connectivity index (χ0v) is 12.9. The number of halogens is 1. The highest BCUT2D eigenvalue weighted by molar-refractivity contribution is 6.31. The molecule has 1 fully saturated rings. The Morgan fingerprint density at radius 3 is 2.65 bits per heavy atom. The van der Waals surface area contributed by atoms with Crippen LogP contribution in [0.15, 0.2) is 12.1 Å². The summed E-state index contributed by atoms with van der Waals surface area (Å²) in [4.78, 5) is 0. The van der Waals surface area contributed by atoms with Gasteiger partial charge in [-0.2, -0.15) is 0 Å². The minimum Gasteiger partial charge on any atom is -0.493 e. The van der Waals surface area contributed by atoms with Gasteiger partial charge in [-0.25, -0.2) is 0 Å². The monoisotopic (exact) mass is 297 g/mol. The second-order valence-electron chi connectivity index (χ2n) is 5.33. The predicted octanol–water partition coefficient (Wildman–Crippen LogP) is 3.95. The SMILES string of the molecule is COc1ccc(Cl)c(CCCCN)c1OC1CCCC1. The summed E-state index contributed by atoms with van der Waals surface area (Å²) in [6, 6.07) is 3.78. The van der Waals surface area contributed by atoms with Gasteiger partial charge in [0, 0.05) is 10.6 Å². The van der Waals surface area contributed by atoms with E-state index in [1.165, 1.54) is 12.8 Å². The second kappa shape index (κ2) is 7.75. The Labute approximate surface area is 126 Å². The molecule has 1 saturated carbocycles. The van der Waals surface area contributed by atoms with Crippen molar-refractivity contribution in [3.63, 3.8) is 0 Å². The Hall–Kier alpha value is -0.930. The lowest BCUT2D eigenvalue weighted by Gasteiger charge is -2.20. The molecule has 0 spiro atoms. The molecule has 0 atom stereocenters. The summed E-state index contributed by atoms with van der Waals surface area (Å²) in [5, 5.41) is 0.760. The minimum atomic E-state index is 0.302. The van der Waals surface area contributed by atoms with Gasteiger partial charge in [0.25, 0.3) is 0 Å². The molecule has 1 aromatic rings. The van der Waals surface area contributed by atoms with Crippen LogP contribution in [-0.4, -0.2) is 19.8 Å². The van der Waals surface area contributed by atoms with E-state index in [4.69, 9.17) is 26.8 Å². The summed E-state index contributed by atoms with van der Waals surface area (Å²) in [6.45, 7) is 0.709. The maximum atomic E-state index is 6.36. The minimum absolute atomic E-state index is 0.302. The summed E-state index contributed by atoms with van der Waals surface area (Å²) in [5.41, 5.74) is 6.63. The van der Waals surface area contributed by atoms with Gasteiger partial charge in [-0.3, -0.25) is 0 Å². The lowest BCUT2D eigenvalue weighted by Crippen LogP contribution is -2.13. The van der Waals surface area contributed by atoms with Crippen LogP contribution in [0.1, 0.15) is 44.1 Å². The van der Waals surface area contributed by atoms with Crippen LogP contribution in [0, 0.1) is 0 Å². The van der Waals surface area contributed by atoms with Gasteiger partial charge in [-0.1, -0.05) is 11.6 Å². The van der Waals surface area contributed by atoms with Crippen LogP contribution in [0.3, 0.4) is 0 Å². The number of hydrogen-bond acceptors (Lipinski definition) is 3. The van der Waals surface area contributed by atoms with E-state index in [2.05, 4.69) is 0 Å². The Kier molecular flexibility index (Phi) is 5.99. The van der Waals surface area contributed by atoms with E-state index >= 15 is 0 Å². The van der Waals surface area contributed by atoms with E-state index in [0.717, 1.165) is 54.2 Å². The van der Waals surface area contributed by atoms with E-state index in [0.29, 0.717) is 12.6 Å². The van der Waals surface area contributed by atoms with E-state index in [1.54, 1.807) is 7.11 Å². The molecule has 3 nitrogen and oxygen atoms in total. The Bertz CT molecular complexity index is 431. The van der Waals surface area contributed by atoms with Gasteiger partial charge in [0.05, 0.1) is 13.2 Å². The average molecular weight is 298 g/mol. The van der Waals surface area contributed by atoms with Crippen molar-refractivity contribution >= 4 is 11.6 Å². The molecule has 1 aliphatic carbocycles. The van der Waals surface area contributed by atoms with Crippen molar-refractivity contribution in [3.8, 4) is 11.5 Å². The Morgan fingerprint density at radius 2 is 2.00 bits per heavy atom. The fourth-order valence-corrected chi connectivity index (χ4v) is 2.97. The predicted molar refractivity (Wildman–Crippen MR) is 82.9 cm³/mol. The molecule has 0 unspecified atom stereocenters. The third kappa shape index (κ3) is 3.80. The van der Waals surface area contributed by atoms with Gasteiger partial charge in [0.1, 0.15) is 0 Å². The van der Waals surface area contributed by atoms with Crippen LogP contribution in [0.4, 0.5) is 0 Å². The van der Waals surface area contributed by atoms with Gasteiger partial charge in [-0.15, -0.1) is 0 Å². The molecule has 1 aromatic carbocycles. The first-order valence-corrected chi connectivity index (χ1v) is 7.86. The fraction of sp³-hybridized carbons (Fsp3) is 0.625. The van der Waals surface area contributed by atoms with Gasteiger partial charge in [0.15, 0.2) is 11.5 Å². The van der Waals surface area contributed by atoms with Crippen molar-refractivity contribution in [1.29, 1.82) is 0 Å². The molecule has 0 aliphatic heterocycles. The van der Waals surface area contributed by atoms with Crippen LogP contribution in [0.5, 0.6) is 11.5 Å². The summed E-state index contributed by atoms with van der Waals surface area (Å²) in [6.07, 6.45) is 7.94. The molecule has 0 radical (unpaired) electrons. The summed E-state index contributed by atoms with van der Waals surface area (Å²) < 4.78 is 11.6. The fourth-order valence-electron chi connectivity index (χ4n) is 2.72. The third-order valence-electron chi connectivity index (χ3n) is 3.85. The molecular weight excluding hydrogens is 274 g/mol. The molecule has 0 aromatic heterocycles. The van der Waals surface area contributed by atoms with Crippen LogP contribution in [0.2, 0.25) is 5.02 Å². The number of ether oxygens (including phenoxy) is 2. The number of hydrogen-bond donors (Lipinski definition) is 1. The van der Waals surface area contributed by atoms with Crippen molar-refractivity contribution in [2.45, 2.75) is 51.0 Å². The first-order chi connectivity index (χ1) is 9.76. The van der Waals surface area contributed by atoms with E-state index in [9.17, 15) is 0 Å². The highest BCUT2D eigenvalue weighted by Crippen LogP contribution is 2.39. The second-order valence-corrected chi connectivity index (χ2v) is 5.73. The number of methoxy groups -OCH3 is 1. The topological polar surface area (TPSA) is 44.5 Å². The van der Waals surface area contributed by atoms with Crippen LogP contribution < -0.4 is 15.2 Å². The highest BCUT2D eigenvalue weighted by atomic mass is 35.5. The molecule has 1 aliphatic rings. The van der Waals surface area contributed by atoms with Crippen LogP contribution >= 0.6 is 11.6 Å². The first kappa shape index (κ1) is 15.5. The summed E-state index contributed by atoms with van der Waals surface area (Å²) in [5.74, 6) is 1.62. The lowest BCUT2D eigenvalue weighted by atomic mass is 10.1. The van der Waals surface area contributed by atoms with Crippen molar-refractivity contribution < 1.29 is 9.47 Å². The van der Waals surface area contributed by atoms with Crippen molar-refractivity contribution in [2.24, 2.45) is 5.73 Å². The molecule has 0 bridgehead atoms. The highest BCUT2D eigenvalue weighted by Gasteiger charge is 2.21. The molecule has 20 heavy (non-hydrogen) atoms. The molecule has 2 rings (SSSR count). The maximum Gasteiger partial charge on any atom is 0.166 e. The molecular formula is C16H24ClNO2. The normalized spacial score (nSPS) is 15.6. The number of unbranched alkanes of at least 4 members (excludes halogenated alkanes) is 1. The molecule has 0 heterocycles. The number of rotatable bonds is 7. The van der Waals surface area contributed by atoms with Gasteiger partial charge in [-0.05, 0) is 63.6 Å². The molecule has 4 heteroatoms. The quantitative estimate of drug-likeness (QED) is 0.775. The van der Waals surface area contributed by atoms with E-state index in [-0.39, 0.29) is 0 Å². The van der Waals surface area contributed by atoms with Crippen molar-refractivity contribution in [1.82, 2.24) is 0 Å². The Balaban J connectivity index is 2.20. The van der Waals surface area contributed by atoms with Gasteiger partial charge < -0.3 is 15.2 Å². The lowest BCUT2D eigenvalue weighted by molar-refractivity contribution is 0.198. The molecule has 0 saturated heterocycles. The summed E-state index contributed by atoms with van der Waals surface area (Å²) in [7, 11) is 1.68. The van der Waals surface area contributed by atoms with Crippen molar-refractivity contribution in [2.75, 3.05) is 13.7 Å². The van der Waals surface area contributed by atoms with Crippen molar-refractivity contribution in [3.05, 3.63) is 22.7 Å². The van der Waals surface area contributed by atoms with Crippen LogP contribution in [0.25, 0.3) is 0 Å². The summed E-state index contributed by atoms with van der Waals surface area (Å²) >= 11 is 6.36. The van der Waals surface area contributed by atoms with Crippen LogP contribution in [-0.2, 0) is 6.42 Å². The van der Waals surface area contributed by atoms with E-state index in [1.807, 2.05) is 12.1 Å². The number of benzene rings is 1. The average Bonchev–Trinajstić information content (AvgIpc) is 2.95. The maximum absolute atomic E-state index is 6.36. The molecule has 112 valence electrons. The molecule has 0 amide bonds.